The van der Waals surface area contributed by atoms with Crippen LogP contribution in [-0.2, 0) is 0 Å². The van der Waals surface area contributed by atoms with E-state index < -0.39 is 0 Å². The van der Waals surface area contributed by atoms with E-state index in [1.54, 1.807) is 0 Å². The average Bonchev–Trinajstić information content (AvgIpc) is 2.51. The fourth-order valence-electron chi connectivity index (χ4n) is 4.50. The molecule has 2 fully saturated rings. The molecule has 1 saturated heterocycles. The van der Waals surface area contributed by atoms with Gasteiger partial charge < -0.3 is 5.32 Å². The summed E-state index contributed by atoms with van der Waals surface area (Å²) in [6.07, 6.45) is 12.6. The number of hydrogen-bond acceptors (Lipinski definition) is 2. The summed E-state index contributed by atoms with van der Waals surface area (Å²) in [5.74, 6) is 0.947. The maximum Gasteiger partial charge on any atom is 0.0224 e. The molecule has 0 bridgehead atoms. The summed E-state index contributed by atoms with van der Waals surface area (Å²) >= 11 is 0. The average molecular weight is 280 g/mol. The summed E-state index contributed by atoms with van der Waals surface area (Å²) in [6.45, 7) is 9.61. The van der Waals surface area contributed by atoms with Crippen LogP contribution in [0.15, 0.2) is 0 Å². The Hall–Kier alpha value is -0.0800. The van der Waals surface area contributed by atoms with Gasteiger partial charge in [-0.3, -0.25) is 4.90 Å². The van der Waals surface area contributed by atoms with Gasteiger partial charge in [-0.15, -0.1) is 0 Å². The molecule has 0 spiro atoms. The number of rotatable bonds is 6. The molecule has 0 aromatic carbocycles. The third-order valence-electron chi connectivity index (χ3n) is 5.74. The minimum Gasteiger partial charge on any atom is -0.311 e. The smallest absolute Gasteiger partial charge is 0.0224 e. The summed E-state index contributed by atoms with van der Waals surface area (Å²) in [7, 11) is 0. The van der Waals surface area contributed by atoms with E-state index in [2.05, 4.69) is 31.0 Å². The topological polar surface area (TPSA) is 15.3 Å². The van der Waals surface area contributed by atoms with Crippen molar-refractivity contribution in [2.24, 2.45) is 5.92 Å². The maximum atomic E-state index is 3.92. The molecule has 2 unspecified atom stereocenters. The van der Waals surface area contributed by atoms with Crippen molar-refractivity contribution in [2.45, 2.75) is 96.7 Å². The zero-order valence-corrected chi connectivity index (χ0v) is 14.0. The monoisotopic (exact) mass is 280 g/mol. The fraction of sp³-hybridized carbons (Fsp3) is 1.00. The molecular weight excluding hydrogens is 244 g/mol. The van der Waals surface area contributed by atoms with Gasteiger partial charge in [0.2, 0.25) is 0 Å². The molecule has 1 aliphatic heterocycles. The van der Waals surface area contributed by atoms with Gasteiger partial charge in [0.1, 0.15) is 0 Å². The first-order valence-electron chi connectivity index (χ1n) is 9.29. The second-order valence-electron chi connectivity index (χ2n) is 7.02. The molecule has 2 heteroatoms. The molecule has 2 aliphatic rings. The molecule has 1 heterocycles. The molecule has 1 saturated carbocycles. The second kappa shape index (κ2) is 8.38. The summed E-state index contributed by atoms with van der Waals surface area (Å²) in [6, 6.07) is 2.36. The van der Waals surface area contributed by atoms with Crippen LogP contribution in [0.2, 0.25) is 0 Å². The molecule has 0 amide bonds. The Balaban J connectivity index is 1.98. The summed E-state index contributed by atoms with van der Waals surface area (Å²) in [5.41, 5.74) is 0. The lowest BCUT2D eigenvalue weighted by molar-refractivity contribution is 0.0498. The van der Waals surface area contributed by atoms with E-state index >= 15 is 0 Å². The molecule has 1 N–H and O–H groups in total. The highest BCUT2D eigenvalue weighted by molar-refractivity contribution is 4.92. The van der Waals surface area contributed by atoms with Crippen LogP contribution in [0.3, 0.4) is 0 Å². The van der Waals surface area contributed by atoms with Crippen molar-refractivity contribution < 1.29 is 0 Å². The van der Waals surface area contributed by atoms with Gasteiger partial charge in [0.05, 0.1) is 0 Å². The van der Waals surface area contributed by atoms with Gasteiger partial charge in [0.25, 0.3) is 0 Å². The van der Waals surface area contributed by atoms with Crippen molar-refractivity contribution in [1.29, 1.82) is 0 Å². The van der Waals surface area contributed by atoms with Crippen LogP contribution in [-0.4, -0.2) is 36.1 Å². The van der Waals surface area contributed by atoms with E-state index in [4.69, 9.17) is 0 Å². The van der Waals surface area contributed by atoms with Crippen LogP contribution in [0.25, 0.3) is 0 Å². The molecule has 0 aromatic heterocycles. The molecule has 118 valence electrons. The number of nitrogens with zero attached hydrogens (tertiary/aromatic N) is 1. The van der Waals surface area contributed by atoms with E-state index in [0.717, 1.165) is 24.0 Å². The quantitative estimate of drug-likeness (QED) is 0.784. The standard InChI is InChI=1S/C18H36N2/c1-4-10-17-13-19-18(15-11-8-7-9-12-15)14-20(17)16(5-2)6-3/h15-19H,4-14H2,1-3H3. The minimum atomic E-state index is 0.768. The Morgan fingerprint density at radius 3 is 2.35 bits per heavy atom. The van der Waals surface area contributed by atoms with Crippen molar-refractivity contribution in [3.05, 3.63) is 0 Å². The summed E-state index contributed by atoms with van der Waals surface area (Å²) in [4.78, 5) is 2.87. The Morgan fingerprint density at radius 2 is 1.75 bits per heavy atom. The zero-order valence-electron chi connectivity index (χ0n) is 14.0. The van der Waals surface area contributed by atoms with Crippen LogP contribution in [0, 0.1) is 5.92 Å². The van der Waals surface area contributed by atoms with Crippen LogP contribution < -0.4 is 5.32 Å². The zero-order chi connectivity index (χ0) is 14.4. The van der Waals surface area contributed by atoms with Crippen LogP contribution in [0.1, 0.15) is 78.6 Å². The molecule has 0 radical (unpaired) electrons. The third kappa shape index (κ3) is 3.98. The van der Waals surface area contributed by atoms with Crippen molar-refractivity contribution in [1.82, 2.24) is 10.2 Å². The lowest BCUT2D eigenvalue weighted by Crippen LogP contribution is -2.61. The van der Waals surface area contributed by atoms with Crippen molar-refractivity contribution >= 4 is 0 Å². The van der Waals surface area contributed by atoms with E-state index in [1.807, 2.05) is 0 Å². The van der Waals surface area contributed by atoms with Crippen LogP contribution in [0.4, 0.5) is 0 Å². The Labute approximate surface area is 126 Å². The molecule has 2 nitrogen and oxygen atoms in total. The lowest BCUT2D eigenvalue weighted by atomic mass is 9.82. The van der Waals surface area contributed by atoms with Crippen molar-refractivity contribution in [3.8, 4) is 0 Å². The van der Waals surface area contributed by atoms with Crippen LogP contribution >= 0.6 is 0 Å². The number of hydrogen-bond donors (Lipinski definition) is 1. The van der Waals surface area contributed by atoms with Crippen molar-refractivity contribution in [3.63, 3.8) is 0 Å². The highest BCUT2D eigenvalue weighted by Crippen LogP contribution is 2.30. The maximum absolute atomic E-state index is 3.92. The number of piperazine rings is 1. The van der Waals surface area contributed by atoms with Gasteiger partial charge in [0, 0.05) is 31.2 Å². The van der Waals surface area contributed by atoms with E-state index in [9.17, 15) is 0 Å². The lowest BCUT2D eigenvalue weighted by Gasteiger charge is -2.47. The summed E-state index contributed by atoms with van der Waals surface area (Å²) in [5, 5.41) is 3.92. The molecule has 2 rings (SSSR count). The Bertz CT molecular complexity index is 256. The fourth-order valence-corrected chi connectivity index (χ4v) is 4.50. The summed E-state index contributed by atoms with van der Waals surface area (Å²) < 4.78 is 0. The van der Waals surface area contributed by atoms with E-state index in [-0.39, 0.29) is 0 Å². The largest absolute Gasteiger partial charge is 0.311 e. The SMILES string of the molecule is CCCC1CNC(C2CCCCC2)CN1C(CC)CC. The highest BCUT2D eigenvalue weighted by atomic mass is 15.3. The first-order chi connectivity index (χ1) is 9.80. The second-order valence-corrected chi connectivity index (χ2v) is 7.02. The Morgan fingerprint density at radius 1 is 1.05 bits per heavy atom. The molecule has 1 aliphatic carbocycles. The van der Waals surface area contributed by atoms with Gasteiger partial charge in [-0.2, -0.15) is 0 Å². The van der Waals surface area contributed by atoms with Gasteiger partial charge in [-0.1, -0.05) is 46.5 Å². The minimum absolute atomic E-state index is 0.768. The normalized spacial score (nSPS) is 30.0. The predicted octanol–water partition coefficient (Wildman–Crippen LogP) is 4.20. The molecular formula is C18H36N2. The third-order valence-corrected chi connectivity index (χ3v) is 5.74. The van der Waals surface area contributed by atoms with Gasteiger partial charge in [-0.05, 0) is 38.0 Å². The van der Waals surface area contributed by atoms with Gasteiger partial charge in [-0.25, -0.2) is 0 Å². The Kier molecular flexibility index (Phi) is 6.83. The molecule has 0 aromatic rings. The first-order valence-corrected chi connectivity index (χ1v) is 9.29. The van der Waals surface area contributed by atoms with Gasteiger partial charge >= 0.3 is 0 Å². The van der Waals surface area contributed by atoms with Crippen LogP contribution in [0.5, 0.6) is 0 Å². The number of nitrogens with one attached hydrogen (secondary N) is 1. The van der Waals surface area contributed by atoms with E-state index in [0.29, 0.717) is 0 Å². The van der Waals surface area contributed by atoms with E-state index in [1.165, 1.54) is 70.9 Å². The van der Waals surface area contributed by atoms with Gasteiger partial charge in [0.15, 0.2) is 0 Å². The molecule has 2 atom stereocenters. The highest BCUT2D eigenvalue weighted by Gasteiger charge is 2.34. The van der Waals surface area contributed by atoms with Crippen molar-refractivity contribution in [2.75, 3.05) is 13.1 Å². The molecule has 20 heavy (non-hydrogen) atoms. The predicted molar refractivity (Wildman–Crippen MR) is 88.1 cm³/mol. The first kappa shape index (κ1) is 16.3.